The Morgan fingerprint density at radius 1 is 1.13 bits per heavy atom. The van der Waals surface area contributed by atoms with Crippen molar-refractivity contribution < 1.29 is 23.8 Å². The summed E-state index contributed by atoms with van der Waals surface area (Å²) < 4.78 is 16.0. The molecule has 2 aromatic rings. The molecule has 0 radical (unpaired) electrons. The second-order valence-corrected chi connectivity index (χ2v) is 8.32. The molecule has 8 nitrogen and oxygen atoms in total. The molecule has 2 aromatic carbocycles. The number of anilines is 2. The van der Waals surface area contributed by atoms with E-state index in [1.807, 2.05) is 23.9 Å². The topological polar surface area (TPSA) is 103 Å². The quantitative estimate of drug-likeness (QED) is 0.617. The molecule has 1 heterocycles. The third-order valence-electron chi connectivity index (χ3n) is 4.64. The summed E-state index contributed by atoms with van der Waals surface area (Å²) in [6, 6.07) is 8.45. The SMILES string of the molecule is COc1cc(C(=O)Nc2ccc(N3CCSCC3)c(Cl)c2)cc(OC)c1OCC(N)=O. The van der Waals surface area contributed by atoms with Gasteiger partial charge in [-0.25, -0.2) is 0 Å². The molecule has 31 heavy (non-hydrogen) atoms. The summed E-state index contributed by atoms with van der Waals surface area (Å²) in [5.41, 5.74) is 6.94. The molecule has 0 aromatic heterocycles. The highest BCUT2D eigenvalue weighted by Crippen LogP contribution is 2.39. The van der Waals surface area contributed by atoms with Gasteiger partial charge in [0.2, 0.25) is 5.75 Å². The number of amides is 2. The molecule has 3 N–H and O–H groups in total. The monoisotopic (exact) mass is 465 g/mol. The Balaban J connectivity index is 1.79. The molecule has 1 saturated heterocycles. The van der Waals surface area contributed by atoms with E-state index in [1.165, 1.54) is 26.4 Å². The summed E-state index contributed by atoms with van der Waals surface area (Å²) in [7, 11) is 2.84. The van der Waals surface area contributed by atoms with Crippen molar-refractivity contribution in [2.45, 2.75) is 0 Å². The minimum atomic E-state index is -0.644. The number of hydrogen-bond acceptors (Lipinski definition) is 7. The molecule has 10 heteroatoms. The summed E-state index contributed by atoms with van der Waals surface area (Å²) in [5, 5.41) is 3.41. The van der Waals surface area contributed by atoms with Gasteiger partial charge in [-0.2, -0.15) is 11.8 Å². The van der Waals surface area contributed by atoms with Crippen LogP contribution < -0.4 is 30.2 Å². The standard InChI is InChI=1S/C21H24ClN3O5S/c1-28-17-9-13(10-18(29-2)20(17)30-12-19(23)26)21(27)24-14-3-4-16(15(22)11-14)25-5-7-31-8-6-25/h3-4,9-11H,5-8,12H2,1-2H3,(H2,23,26)(H,24,27). The molecule has 0 atom stereocenters. The first-order chi connectivity index (χ1) is 14.9. The third-order valence-corrected chi connectivity index (χ3v) is 5.88. The summed E-state index contributed by atoms with van der Waals surface area (Å²) in [6.07, 6.45) is 0. The number of methoxy groups -OCH3 is 2. The number of benzene rings is 2. The highest BCUT2D eigenvalue weighted by Gasteiger charge is 2.19. The molecular formula is C21H24ClN3O5S. The number of nitrogens with two attached hydrogens (primary N) is 1. The van der Waals surface area contributed by atoms with Crippen LogP contribution in [0.25, 0.3) is 0 Å². The van der Waals surface area contributed by atoms with Gasteiger partial charge in [-0.15, -0.1) is 0 Å². The largest absolute Gasteiger partial charge is 0.493 e. The normalized spacial score (nSPS) is 13.5. The van der Waals surface area contributed by atoms with E-state index in [0.717, 1.165) is 30.3 Å². The van der Waals surface area contributed by atoms with E-state index in [9.17, 15) is 9.59 Å². The Morgan fingerprint density at radius 2 is 1.77 bits per heavy atom. The minimum absolute atomic E-state index is 0.187. The first-order valence-corrected chi connectivity index (χ1v) is 11.1. The lowest BCUT2D eigenvalue weighted by atomic mass is 10.1. The first-order valence-electron chi connectivity index (χ1n) is 9.53. The van der Waals surface area contributed by atoms with Crippen LogP contribution in [-0.2, 0) is 4.79 Å². The second-order valence-electron chi connectivity index (χ2n) is 6.68. The summed E-state index contributed by atoms with van der Waals surface area (Å²) in [5.74, 6) is 1.78. The highest BCUT2D eigenvalue weighted by molar-refractivity contribution is 7.99. The van der Waals surface area contributed by atoms with E-state index < -0.39 is 5.91 Å². The lowest BCUT2D eigenvalue weighted by Gasteiger charge is -2.29. The van der Waals surface area contributed by atoms with E-state index in [1.54, 1.807) is 6.07 Å². The van der Waals surface area contributed by atoms with Crippen LogP contribution in [0.2, 0.25) is 5.02 Å². The smallest absolute Gasteiger partial charge is 0.255 e. The van der Waals surface area contributed by atoms with Crippen molar-refractivity contribution in [3.05, 3.63) is 40.9 Å². The van der Waals surface area contributed by atoms with Crippen LogP contribution in [0.1, 0.15) is 10.4 Å². The van der Waals surface area contributed by atoms with Crippen molar-refractivity contribution in [2.75, 3.05) is 55.6 Å². The van der Waals surface area contributed by atoms with Crippen molar-refractivity contribution in [2.24, 2.45) is 5.73 Å². The molecule has 166 valence electrons. The summed E-state index contributed by atoms with van der Waals surface area (Å²) in [4.78, 5) is 26.1. The number of carbonyl (C=O) groups excluding carboxylic acids is 2. The Labute approximate surface area is 190 Å². The van der Waals surface area contributed by atoms with Crippen molar-refractivity contribution in [1.82, 2.24) is 0 Å². The lowest BCUT2D eigenvalue weighted by Crippen LogP contribution is -2.32. The average Bonchev–Trinajstić information content (AvgIpc) is 2.77. The number of thioether (sulfide) groups is 1. The highest BCUT2D eigenvalue weighted by atomic mass is 35.5. The molecule has 0 aliphatic carbocycles. The van der Waals surface area contributed by atoms with Gasteiger partial charge in [-0.1, -0.05) is 11.6 Å². The molecule has 1 aliphatic rings. The number of ether oxygens (including phenoxy) is 3. The van der Waals surface area contributed by atoms with Crippen LogP contribution in [0.4, 0.5) is 11.4 Å². The summed E-state index contributed by atoms with van der Waals surface area (Å²) in [6.45, 7) is 1.54. The van der Waals surface area contributed by atoms with Gasteiger partial charge in [0.05, 0.1) is 24.9 Å². The van der Waals surface area contributed by atoms with Crippen LogP contribution in [0.15, 0.2) is 30.3 Å². The molecule has 1 fully saturated rings. The van der Waals surface area contributed by atoms with Crippen LogP contribution >= 0.6 is 23.4 Å². The number of hydrogen-bond donors (Lipinski definition) is 2. The van der Waals surface area contributed by atoms with Gasteiger partial charge >= 0.3 is 0 Å². The van der Waals surface area contributed by atoms with Crippen LogP contribution in [-0.4, -0.2) is 57.2 Å². The average molecular weight is 466 g/mol. The van der Waals surface area contributed by atoms with Crippen LogP contribution in [0.5, 0.6) is 17.2 Å². The Morgan fingerprint density at radius 3 is 2.32 bits per heavy atom. The van der Waals surface area contributed by atoms with Gasteiger partial charge in [0.15, 0.2) is 18.1 Å². The Kier molecular flexibility index (Phi) is 7.75. The zero-order valence-electron chi connectivity index (χ0n) is 17.3. The maximum absolute atomic E-state index is 12.8. The van der Waals surface area contributed by atoms with E-state index in [2.05, 4.69) is 10.2 Å². The second kappa shape index (κ2) is 10.5. The fourth-order valence-electron chi connectivity index (χ4n) is 3.15. The van der Waals surface area contributed by atoms with Crippen molar-refractivity contribution in [1.29, 1.82) is 0 Å². The number of halogens is 1. The van der Waals surface area contributed by atoms with E-state index in [-0.39, 0.29) is 35.3 Å². The zero-order chi connectivity index (χ0) is 22.4. The minimum Gasteiger partial charge on any atom is -0.493 e. The summed E-state index contributed by atoms with van der Waals surface area (Å²) >= 11 is 8.40. The molecule has 0 saturated carbocycles. The van der Waals surface area contributed by atoms with Gasteiger partial charge in [0.1, 0.15) is 0 Å². The Hall–Kier alpha value is -2.78. The third kappa shape index (κ3) is 5.68. The molecule has 0 unspecified atom stereocenters. The lowest BCUT2D eigenvalue weighted by molar-refractivity contribution is -0.120. The van der Waals surface area contributed by atoms with Crippen LogP contribution in [0.3, 0.4) is 0 Å². The van der Waals surface area contributed by atoms with Gasteiger partial charge in [-0.05, 0) is 30.3 Å². The van der Waals surface area contributed by atoms with E-state index in [4.69, 9.17) is 31.5 Å². The maximum Gasteiger partial charge on any atom is 0.255 e. The van der Waals surface area contributed by atoms with E-state index >= 15 is 0 Å². The van der Waals surface area contributed by atoms with Gasteiger partial charge in [0, 0.05) is 35.8 Å². The molecule has 3 rings (SSSR count). The number of nitrogens with zero attached hydrogens (tertiary/aromatic N) is 1. The number of carbonyl (C=O) groups is 2. The number of primary amides is 1. The van der Waals surface area contributed by atoms with E-state index in [0.29, 0.717) is 10.7 Å². The number of rotatable bonds is 8. The maximum atomic E-state index is 12.8. The van der Waals surface area contributed by atoms with Crippen molar-refractivity contribution in [3.63, 3.8) is 0 Å². The molecule has 0 bridgehead atoms. The fraction of sp³-hybridized carbons (Fsp3) is 0.333. The molecular weight excluding hydrogens is 442 g/mol. The first kappa shape index (κ1) is 22.9. The van der Waals surface area contributed by atoms with Gasteiger partial charge in [-0.3, -0.25) is 9.59 Å². The fourth-order valence-corrected chi connectivity index (χ4v) is 4.35. The zero-order valence-corrected chi connectivity index (χ0v) is 18.8. The van der Waals surface area contributed by atoms with Crippen molar-refractivity contribution in [3.8, 4) is 17.2 Å². The van der Waals surface area contributed by atoms with Crippen LogP contribution in [0, 0.1) is 0 Å². The van der Waals surface area contributed by atoms with Crippen molar-refractivity contribution >= 4 is 46.6 Å². The molecule has 0 spiro atoms. The Bertz CT molecular complexity index is 941. The number of nitrogens with one attached hydrogen (secondary N) is 1. The molecule has 1 aliphatic heterocycles. The predicted octanol–water partition coefficient (Wildman–Crippen LogP) is 3.03. The van der Waals surface area contributed by atoms with Gasteiger partial charge in [0.25, 0.3) is 11.8 Å². The molecule has 2 amide bonds. The van der Waals surface area contributed by atoms with Gasteiger partial charge < -0.3 is 30.2 Å². The predicted molar refractivity (Wildman–Crippen MR) is 123 cm³/mol.